The van der Waals surface area contributed by atoms with E-state index in [0.29, 0.717) is 11.5 Å². The monoisotopic (exact) mass is 261 g/mol. The fourth-order valence-electron chi connectivity index (χ4n) is 1.51. The highest BCUT2D eigenvalue weighted by Gasteiger charge is 2.10. The van der Waals surface area contributed by atoms with E-state index >= 15 is 0 Å². The van der Waals surface area contributed by atoms with Gasteiger partial charge in [-0.25, -0.2) is 14.2 Å². The summed E-state index contributed by atoms with van der Waals surface area (Å²) >= 11 is 0. The van der Waals surface area contributed by atoms with Gasteiger partial charge in [-0.3, -0.25) is 0 Å². The lowest BCUT2D eigenvalue weighted by Crippen LogP contribution is -2.04. The number of carbonyl (C=O) groups excluding carboxylic acids is 1. The Hall–Kier alpha value is -2.63. The molecule has 0 saturated carbocycles. The fraction of sp³-hybridized carbons (Fsp3) is 0.0769. The molecule has 98 valence electrons. The molecular weight excluding hydrogens is 249 g/mol. The molecule has 3 N–H and O–H groups in total. The Morgan fingerprint density at radius 3 is 2.84 bits per heavy atom. The van der Waals surface area contributed by atoms with E-state index < -0.39 is 11.8 Å². The second-order valence-corrected chi connectivity index (χ2v) is 3.75. The van der Waals surface area contributed by atoms with E-state index in [4.69, 9.17) is 5.73 Å². The van der Waals surface area contributed by atoms with Crippen LogP contribution in [0.2, 0.25) is 0 Å². The Balaban J connectivity index is 2.27. The summed E-state index contributed by atoms with van der Waals surface area (Å²) in [6, 6.07) is 7.30. The number of ether oxygens (including phenoxy) is 1. The molecule has 0 unspecified atom stereocenters. The van der Waals surface area contributed by atoms with Gasteiger partial charge in [0.05, 0.1) is 24.0 Å². The molecule has 0 aliphatic heterocycles. The first-order valence-electron chi connectivity index (χ1n) is 5.47. The minimum atomic E-state index is -0.595. The molecule has 2 rings (SSSR count). The molecular formula is C13H12FN3O2. The van der Waals surface area contributed by atoms with Crippen molar-refractivity contribution in [3.8, 4) is 0 Å². The molecule has 0 amide bonds. The number of aromatic nitrogens is 1. The number of rotatable bonds is 3. The van der Waals surface area contributed by atoms with Crippen molar-refractivity contribution in [2.75, 3.05) is 18.2 Å². The lowest BCUT2D eigenvalue weighted by atomic mass is 10.2. The van der Waals surface area contributed by atoms with E-state index in [1.807, 2.05) is 0 Å². The molecule has 1 heterocycles. The number of nitrogens with zero attached hydrogens (tertiary/aromatic N) is 1. The number of methoxy groups -OCH3 is 1. The molecule has 1 aromatic heterocycles. The van der Waals surface area contributed by atoms with Gasteiger partial charge in [-0.15, -0.1) is 0 Å². The van der Waals surface area contributed by atoms with Crippen LogP contribution in [0.15, 0.2) is 36.5 Å². The number of carbonyl (C=O) groups is 1. The smallest absolute Gasteiger partial charge is 0.337 e. The summed E-state index contributed by atoms with van der Waals surface area (Å²) in [7, 11) is 1.24. The van der Waals surface area contributed by atoms with Crippen molar-refractivity contribution < 1.29 is 13.9 Å². The normalized spacial score (nSPS) is 10.0. The van der Waals surface area contributed by atoms with Crippen molar-refractivity contribution in [2.45, 2.75) is 0 Å². The number of benzene rings is 1. The highest BCUT2D eigenvalue weighted by Crippen LogP contribution is 2.23. The summed E-state index contributed by atoms with van der Waals surface area (Å²) in [4.78, 5) is 15.2. The molecule has 0 atom stereocenters. The van der Waals surface area contributed by atoms with Crippen LogP contribution in [0.1, 0.15) is 10.4 Å². The van der Waals surface area contributed by atoms with Crippen molar-refractivity contribution in [1.82, 2.24) is 4.98 Å². The zero-order chi connectivity index (χ0) is 13.8. The molecule has 0 spiro atoms. The Bertz CT molecular complexity index is 617. The molecule has 6 heteroatoms. The van der Waals surface area contributed by atoms with Gasteiger partial charge in [0.1, 0.15) is 5.82 Å². The number of nitrogen functional groups attached to an aromatic ring is 1. The third-order valence-corrected chi connectivity index (χ3v) is 2.48. The van der Waals surface area contributed by atoms with Crippen LogP contribution in [0.25, 0.3) is 0 Å². The lowest BCUT2D eigenvalue weighted by molar-refractivity contribution is 0.0600. The SMILES string of the molecule is COC(=O)c1ccc(Nc2ncccc2N)c(F)c1. The maximum absolute atomic E-state index is 13.8. The summed E-state index contributed by atoms with van der Waals surface area (Å²) in [6.45, 7) is 0. The largest absolute Gasteiger partial charge is 0.465 e. The van der Waals surface area contributed by atoms with Crippen molar-refractivity contribution in [3.63, 3.8) is 0 Å². The van der Waals surface area contributed by atoms with Crippen LogP contribution in [0.4, 0.5) is 21.6 Å². The van der Waals surface area contributed by atoms with Crippen LogP contribution < -0.4 is 11.1 Å². The maximum Gasteiger partial charge on any atom is 0.337 e. The van der Waals surface area contributed by atoms with E-state index in [-0.39, 0.29) is 11.3 Å². The predicted octanol–water partition coefficient (Wildman–Crippen LogP) is 2.33. The molecule has 2 aromatic rings. The standard InChI is InChI=1S/C13H12FN3O2/c1-19-13(18)8-4-5-11(9(14)7-8)17-12-10(15)3-2-6-16-12/h2-7H,15H2,1H3,(H,16,17). The number of pyridine rings is 1. The van der Waals surface area contributed by atoms with Crippen LogP contribution in [0.5, 0.6) is 0 Å². The van der Waals surface area contributed by atoms with E-state index in [1.54, 1.807) is 18.3 Å². The van der Waals surface area contributed by atoms with Crippen LogP contribution >= 0.6 is 0 Å². The molecule has 19 heavy (non-hydrogen) atoms. The topological polar surface area (TPSA) is 77.2 Å². The van der Waals surface area contributed by atoms with Gasteiger partial charge in [-0.05, 0) is 30.3 Å². The summed E-state index contributed by atoms with van der Waals surface area (Å²) in [5.41, 5.74) is 6.42. The molecule has 5 nitrogen and oxygen atoms in total. The first-order chi connectivity index (χ1) is 9.11. The summed E-state index contributed by atoms with van der Waals surface area (Å²) in [5, 5.41) is 2.76. The molecule has 0 saturated heterocycles. The Kier molecular flexibility index (Phi) is 3.61. The molecule has 0 aliphatic rings. The van der Waals surface area contributed by atoms with Crippen LogP contribution in [0.3, 0.4) is 0 Å². The van der Waals surface area contributed by atoms with Crippen LogP contribution in [-0.2, 0) is 4.74 Å². The summed E-state index contributed by atoms with van der Waals surface area (Å²) < 4.78 is 18.3. The minimum Gasteiger partial charge on any atom is -0.465 e. The summed E-state index contributed by atoms with van der Waals surface area (Å²) in [5.74, 6) is -0.831. The third kappa shape index (κ3) is 2.79. The fourth-order valence-corrected chi connectivity index (χ4v) is 1.51. The van der Waals surface area contributed by atoms with Crippen molar-refractivity contribution in [1.29, 1.82) is 0 Å². The lowest BCUT2D eigenvalue weighted by Gasteiger charge is -2.09. The van der Waals surface area contributed by atoms with Gasteiger partial charge in [-0.2, -0.15) is 0 Å². The second-order valence-electron chi connectivity index (χ2n) is 3.75. The van der Waals surface area contributed by atoms with Gasteiger partial charge < -0.3 is 15.8 Å². The van der Waals surface area contributed by atoms with E-state index in [9.17, 15) is 9.18 Å². The number of hydrogen-bond donors (Lipinski definition) is 2. The first kappa shape index (κ1) is 12.8. The molecule has 0 bridgehead atoms. The average Bonchev–Trinajstić information content (AvgIpc) is 2.42. The van der Waals surface area contributed by atoms with E-state index in [0.717, 1.165) is 6.07 Å². The van der Waals surface area contributed by atoms with Gasteiger partial charge in [0.25, 0.3) is 0 Å². The highest BCUT2D eigenvalue weighted by molar-refractivity contribution is 5.90. The predicted molar refractivity (Wildman–Crippen MR) is 69.7 cm³/mol. The van der Waals surface area contributed by atoms with Gasteiger partial charge >= 0.3 is 5.97 Å². The Morgan fingerprint density at radius 1 is 1.42 bits per heavy atom. The molecule has 0 radical (unpaired) electrons. The molecule has 0 aliphatic carbocycles. The number of anilines is 3. The maximum atomic E-state index is 13.8. The van der Waals surface area contributed by atoms with Gasteiger partial charge in [0.2, 0.25) is 0 Å². The van der Waals surface area contributed by atoms with Crippen LogP contribution in [-0.4, -0.2) is 18.1 Å². The zero-order valence-electron chi connectivity index (χ0n) is 10.2. The van der Waals surface area contributed by atoms with Crippen LogP contribution in [0, 0.1) is 5.82 Å². The third-order valence-electron chi connectivity index (χ3n) is 2.48. The minimum absolute atomic E-state index is 0.138. The van der Waals surface area contributed by atoms with Gasteiger partial charge in [-0.1, -0.05) is 0 Å². The molecule has 1 aromatic carbocycles. The number of nitrogens with one attached hydrogen (secondary N) is 1. The van der Waals surface area contributed by atoms with Gasteiger partial charge in [0, 0.05) is 6.20 Å². The van der Waals surface area contributed by atoms with Crippen molar-refractivity contribution >= 4 is 23.2 Å². The highest BCUT2D eigenvalue weighted by atomic mass is 19.1. The number of esters is 1. The second kappa shape index (κ2) is 5.34. The number of nitrogens with two attached hydrogens (primary N) is 1. The summed E-state index contributed by atoms with van der Waals surface area (Å²) in [6.07, 6.45) is 1.54. The Morgan fingerprint density at radius 2 is 2.21 bits per heavy atom. The van der Waals surface area contributed by atoms with Gasteiger partial charge in [0.15, 0.2) is 5.82 Å². The number of halogens is 1. The quantitative estimate of drug-likeness (QED) is 0.829. The zero-order valence-corrected chi connectivity index (χ0v) is 10.2. The van der Waals surface area contributed by atoms with E-state index in [1.165, 1.54) is 19.2 Å². The van der Waals surface area contributed by atoms with Crippen molar-refractivity contribution in [3.05, 3.63) is 47.9 Å². The first-order valence-corrected chi connectivity index (χ1v) is 5.47. The van der Waals surface area contributed by atoms with Crippen molar-refractivity contribution in [2.24, 2.45) is 0 Å². The van der Waals surface area contributed by atoms with E-state index in [2.05, 4.69) is 15.0 Å². The average molecular weight is 261 g/mol. The number of hydrogen-bond acceptors (Lipinski definition) is 5. The molecule has 0 fully saturated rings. The Labute approximate surface area is 109 Å².